The molecule has 0 aliphatic rings. The first-order valence-corrected chi connectivity index (χ1v) is 7.19. The zero-order valence-corrected chi connectivity index (χ0v) is 11.4. The maximum absolute atomic E-state index is 4.51. The summed E-state index contributed by atoms with van der Waals surface area (Å²) in [6.07, 6.45) is 3.57. The van der Waals surface area contributed by atoms with E-state index in [1.165, 1.54) is 23.1 Å². The van der Waals surface area contributed by atoms with E-state index in [-0.39, 0.29) is 0 Å². The molecular weight excluding hydrogens is 228 g/mol. The van der Waals surface area contributed by atoms with Gasteiger partial charge in [-0.3, -0.25) is 0 Å². The van der Waals surface area contributed by atoms with Crippen molar-refractivity contribution in [2.75, 3.05) is 6.54 Å². The van der Waals surface area contributed by atoms with Gasteiger partial charge in [0.25, 0.3) is 0 Å². The average molecular weight is 248 g/mol. The lowest BCUT2D eigenvalue weighted by Crippen LogP contribution is -2.30. The van der Waals surface area contributed by atoms with Gasteiger partial charge in [0.2, 0.25) is 0 Å². The molecule has 1 heterocycles. The molecule has 0 amide bonds. The van der Waals surface area contributed by atoms with Crippen molar-refractivity contribution in [1.82, 2.24) is 9.69 Å². The molecule has 0 spiro atoms. The van der Waals surface area contributed by atoms with E-state index in [0.29, 0.717) is 6.04 Å². The third-order valence-electron chi connectivity index (χ3n) is 3.02. The van der Waals surface area contributed by atoms with Crippen molar-refractivity contribution in [3.8, 4) is 0 Å². The SMILES string of the molecule is CCCC(Cc1snc2ccccc12)NCC. The molecule has 1 unspecified atom stereocenters. The maximum Gasteiger partial charge on any atom is 0.0843 e. The molecular formula is C14H20N2S. The molecule has 0 fully saturated rings. The maximum atomic E-state index is 4.51. The molecule has 17 heavy (non-hydrogen) atoms. The number of nitrogens with one attached hydrogen (secondary N) is 1. The Morgan fingerprint density at radius 1 is 1.29 bits per heavy atom. The van der Waals surface area contributed by atoms with Crippen LogP contribution in [-0.4, -0.2) is 17.0 Å². The number of benzene rings is 1. The Hall–Kier alpha value is -0.930. The van der Waals surface area contributed by atoms with E-state index in [9.17, 15) is 0 Å². The molecule has 1 N–H and O–H groups in total. The van der Waals surface area contributed by atoms with Crippen LogP contribution in [0.2, 0.25) is 0 Å². The Morgan fingerprint density at radius 3 is 2.88 bits per heavy atom. The second-order valence-corrected chi connectivity index (χ2v) is 5.23. The minimum absolute atomic E-state index is 0.592. The van der Waals surface area contributed by atoms with Gasteiger partial charge in [0.1, 0.15) is 0 Å². The van der Waals surface area contributed by atoms with Gasteiger partial charge in [-0.1, -0.05) is 38.5 Å². The van der Waals surface area contributed by atoms with E-state index in [2.05, 4.69) is 47.8 Å². The van der Waals surface area contributed by atoms with E-state index < -0.39 is 0 Å². The van der Waals surface area contributed by atoms with Crippen molar-refractivity contribution in [2.24, 2.45) is 0 Å². The van der Waals surface area contributed by atoms with E-state index in [1.807, 2.05) is 0 Å². The standard InChI is InChI=1S/C14H20N2S/c1-3-7-11(15-4-2)10-14-12-8-5-6-9-13(12)16-17-14/h5-6,8-9,11,15H,3-4,7,10H2,1-2H3. The van der Waals surface area contributed by atoms with Gasteiger partial charge in [-0.15, -0.1) is 0 Å². The monoisotopic (exact) mass is 248 g/mol. The second-order valence-electron chi connectivity index (χ2n) is 4.37. The molecule has 0 aliphatic heterocycles. The lowest BCUT2D eigenvalue weighted by molar-refractivity contribution is 0.489. The zero-order chi connectivity index (χ0) is 12.1. The summed E-state index contributed by atoms with van der Waals surface area (Å²) in [6, 6.07) is 9.02. The van der Waals surface area contributed by atoms with Gasteiger partial charge in [-0.25, -0.2) is 0 Å². The average Bonchev–Trinajstić information content (AvgIpc) is 2.74. The van der Waals surface area contributed by atoms with Crippen molar-refractivity contribution < 1.29 is 0 Å². The Kier molecular flexibility index (Phi) is 4.51. The molecule has 2 aromatic rings. The fourth-order valence-electron chi connectivity index (χ4n) is 2.23. The number of nitrogens with zero attached hydrogens (tertiary/aromatic N) is 1. The largest absolute Gasteiger partial charge is 0.314 e. The summed E-state index contributed by atoms with van der Waals surface area (Å²) >= 11 is 1.65. The smallest absolute Gasteiger partial charge is 0.0843 e. The van der Waals surface area contributed by atoms with Gasteiger partial charge in [0, 0.05) is 16.3 Å². The molecule has 0 bridgehead atoms. The highest BCUT2D eigenvalue weighted by Gasteiger charge is 2.11. The van der Waals surface area contributed by atoms with Gasteiger partial charge < -0.3 is 5.32 Å². The summed E-state index contributed by atoms with van der Waals surface area (Å²) in [4.78, 5) is 1.42. The first kappa shape index (κ1) is 12.5. The van der Waals surface area contributed by atoms with E-state index in [0.717, 1.165) is 18.5 Å². The number of hydrogen-bond acceptors (Lipinski definition) is 3. The van der Waals surface area contributed by atoms with Crippen molar-refractivity contribution >= 4 is 22.4 Å². The van der Waals surface area contributed by atoms with Gasteiger partial charge in [0.05, 0.1) is 5.52 Å². The quantitative estimate of drug-likeness (QED) is 0.844. The molecule has 0 aliphatic carbocycles. The molecule has 3 heteroatoms. The Labute approximate surface area is 107 Å². The van der Waals surface area contributed by atoms with E-state index >= 15 is 0 Å². The van der Waals surface area contributed by atoms with Crippen LogP contribution in [0.3, 0.4) is 0 Å². The van der Waals surface area contributed by atoms with Crippen LogP contribution in [0.1, 0.15) is 31.6 Å². The van der Waals surface area contributed by atoms with Gasteiger partial charge in [-0.2, -0.15) is 4.37 Å². The van der Waals surface area contributed by atoms with Crippen LogP contribution in [-0.2, 0) is 6.42 Å². The van der Waals surface area contributed by atoms with Gasteiger partial charge in [-0.05, 0) is 37.0 Å². The van der Waals surface area contributed by atoms with Crippen LogP contribution in [0.4, 0.5) is 0 Å². The minimum atomic E-state index is 0.592. The van der Waals surface area contributed by atoms with Crippen LogP contribution >= 0.6 is 11.5 Å². The van der Waals surface area contributed by atoms with Crippen molar-refractivity contribution in [1.29, 1.82) is 0 Å². The van der Waals surface area contributed by atoms with Crippen LogP contribution in [0.5, 0.6) is 0 Å². The highest BCUT2D eigenvalue weighted by molar-refractivity contribution is 7.07. The van der Waals surface area contributed by atoms with Crippen LogP contribution in [0.15, 0.2) is 24.3 Å². The van der Waals surface area contributed by atoms with Crippen LogP contribution < -0.4 is 5.32 Å². The summed E-state index contributed by atoms with van der Waals surface area (Å²) < 4.78 is 4.51. The fraction of sp³-hybridized carbons (Fsp3) is 0.500. The normalized spacial score (nSPS) is 13.1. The topological polar surface area (TPSA) is 24.9 Å². The molecule has 2 nitrogen and oxygen atoms in total. The summed E-state index contributed by atoms with van der Waals surface area (Å²) in [5.74, 6) is 0. The Bertz CT molecular complexity index is 458. The lowest BCUT2D eigenvalue weighted by atomic mass is 10.1. The molecule has 1 atom stereocenters. The van der Waals surface area contributed by atoms with Crippen molar-refractivity contribution in [3.05, 3.63) is 29.1 Å². The molecule has 0 radical (unpaired) electrons. The molecule has 0 saturated heterocycles. The second kappa shape index (κ2) is 6.12. The summed E-state index contributed by atoms with van der Waals surface area (Å²) in [5, 5.41) is 4.90. The first-order chi connectivity index (χ1) is 8.35. The summed E-state index contributed by atoms with van der Waals surface area (Å²) in [7, 11) is 0. The highest BCUT2D eigenvalue weighted by atomic mass is 32.1. The molecule has 1 aromatic carbocycles. The number of aromatic nitrogens is 1. The molecule has 0 saturated carbocycles. The molecule has 2 rings (SSSR count). The predicted octanol–water partition coefficient (Wildman–Crippen LogP) is 3.62. The summed E-state index contributed by atoms with van der Waals surface area (Å²) in [5.41, 5.74) is 1.14. The van der Waals surface area contributed by atoms with Crippen LogP contribution in [0, 0.1) is 0 Å². The molecule has 1 aromatic heterocycles. The molecule has 92 valence electrons. The zero-order valence-electron chi connectivity index (χ0n) is 10.6. The Morgan fingerprint density at radius 2 is 2.12 bits per heavy atom. The lowest BCUT2D eigenvalue weighted by Gasteiger charge is -2.15. The third-order valence-corrected chi connectivity index (χ3v) is 3.92. The minimum Gasteiger partial charge on any atom is -0.314 e. The first-order valence-electron chi connectivity index (χ1n) is 6.41. The number of fused-ring (bicyclic) bond motifs is 1. The van der Waals surface area contributed by atoms with E-state index in [4.69, 9.17) is 0 Å². The highest BCUT2D eigenvalue weighted by Crippen LogP contribution is 2.24. The van der Waals surface area contributed by atoms with Crippen molar-refractivity contribution in [2.45, 2.75) is 39.2 Å². The van der Waals surface area contributed by atoms with Gasteiger partial charge in [0.15, 0.2) is 0 Å². The van der Waals surface area contributed by atoms with E-state index in [1.54, 1.807) is 11.5 Å². The summed E-state index contributed by atoms with van der Waals surface area (Å²) in [6.45, 7) is 5.46. The number of hydrogen-bond donors (Lipinski definition) is 1. The van der Waals surface area contributed by atoms with Gasteiger partial charge >= 0.3 is 0 Å². The van der Waals surface area contributed by atoms with Crippen LogP contribution in [0.25, 0.3) is 10.9 Å². The third kappa shape index (κ3) is 3.05. The predicted molar refractivity (Wildman–Crippen MR) is 75.7 cm³/mol. The Balaban J connectivity index is 2.15. The number of rotatable bonds is 6. The fourth-order valence-corrected chi connectivity index (χ4v) is 3.14. The van der Waals surface area contributed by atoms with Crippen molar-refractivity contribution in [3.63, 3.8) is 0 Å². The number of likely N-dealkylation sites (N-methyl/N-ethyl adjacent to an activating group) is 1.